The molecule has 152 valence electrons. The summed E-state index contributed by atoms with van der Waals surface area (Å²) >= 11 is 0. The number of rotatable bonds is 5. The molecule has 0 amide bonds. The Morgan fingerprint density at radius 1 is 0.759 bits per heavy atom. The van der Waals surface area contributed by atoms with Crippen molar-refractivity contribution in [2.75, 3.05) is 0 Å². The second-order valence-electron chi connectivity index (χ2n) is 9.45. The van der Waals surface area contributed by atoms with Gasteiger partial charge in [0.25, 0.3) is 0 Å². The van der Waals surface area contributed by atoms with E-state index in [0.29, 0.717) is 5.92 Å². The first-order chi connectivity index (χ1) is 13.7. The first-order valence-corrected chi connectivity index (χ1v) is 10.6. The first kappa shape index (κ1) is 21.2. The van der Waals surface area contributed by atoms with Crippen molar-refractivity contribution in [1.82, 2.24) is 0 Å². The molecule has 0 fully saturated rings. The van der Waals surface area contributed by atoms with Crippen LogP contribution in [0.1, 0.15) is 63.0 Å². The SMILES string of the molecule is Cc1cc(OC(c2ccccc2)C(C)C)cc(C)c1-c1ccc(C(C)(C)C)cc1. The van der Waals surface area contributed by atoms with E-state index in [0.717, 1.165) is 5.75 Å². The average Bonchev–Trinajstić information content (AvgIpc) is 2.66. The van der Waals surface area contributed by atoms with Crippen molar-refractivity contribution in [2.24, 2.45) is 5.92 Å². The molecule has 1 nitrogen and oxygen atoms in total. The lowest BCUT2D eigenvalue weighted by Crippen LogP contribution is -2.14. The van der Waals surface area contributed by atoms with E-state index in [4.69, 9.17) is 4.74 Å². The lowest BCUT2D eigenvalue weighted by atomic mass is 9.85. The number of benzene rings is 3. The van der Waals surface area contributed by atoms with Crippen LogP contribution in [0.2, 0.25) is 0 Å². The number of aryl methyl sites for hydroxylation is 2. The third-order valence-electron chi connectivity index (χ3n) is 5.54. The Morgan fingerprint density at radius 3 is 1.79 bits per heavy atom. The molecule has 0 aliphatic heterocycles. The van der Waals surface area contributed by atoms with E-state index < -0.39 is 0 Å². The minimum absolute atomic E-state index is 0.0481. The third kappa shape index (κ3) is 4.90. The first-order valence-electron chi connectivity index (χ1n) is 10.6. The average molecular weight is 387 g/mol. The van der Waals surface area contributed by atoms with Crippen molar-refractivity contribution in [3.63, 3.8) is 0 Å². The van der Waals surface area contributed by atoms with Gasteiger partial charge in [0.15, 0.2) is 0 Å². The highest BCUT2D eigenvalue weighted by atomic mass is 16.5. The molecule has 1 atom stereocenters. The Balaban J connectivity index is 1.91. The van der Waals surface area contributed by atoms with Crippen LogP contribution in [0.5, 0.6) is 5.75 Å². The van der Waals surface area contributed by atoms with Crippen molar-refractivity contribution >= 4 is 0 Å². The highest BCUT2D eigenvalue weighted by Gasteiger charge is 2.19. The summed E-state index contributed by atoms with van der Waals surface area (Å²) in [5.41, 5.74) is 7.82. The summed E-state index contributed by atoms with van der Waals surface area (Å²) in [5, 5.41) is 0. The number of ether oxygens (including phenoxy) is 1. The molecule has 3 aromatic rings. The summed E-state index contributed by atoms with van der Waals surface area (Å²) < 4.78 is 6.48. The topological polar surface area (TPSA) is 9.23 Å². The van der Waals surface area contributed by atoms with Gasteiger partial charge in [0.1, 0.15) is 11.9 Å². The molecule has 0 saturated heterocycles. The second kappa shape index (κ2) is 8.45. The highest BCUT2D eigenvalue weighted by Crippen LogP contribution is 2.35. The fourth-order valence-corrected chi connectivity index (χ4v) is 3.96. The Labute approximate surface area is 176 Å². The molecule has 0 bridgehead atoms. The fourth-order valence-electron chi connectivity index (χ4n) is 3.96. The van der Waals surface area contributed by atoms with Crippen LogP contribution in [0.25, 0.3) is 11.1 Å². The van der Waals surface area contributed by atoms with Crippen LogP contribution in [0.4, 0.5) is 0 Å². The van der Waals surface area contributed by atoms with E-state index in [1.807, 2.05) is 0 Å². The zero-order valence-corrected chi connectivity index (χ0v) is 18.9. The van der Waals surface area contributed by atoms with Crippen molar-refractivity contribution in [2.45, 2.75) is 60.0 Å². The van der Waals surface area contributed by atoms with Gasteiger partial charge in [-0.1, -0.05) is 89.2 Å². The van der Waals surface area contributed by atoms with Crippen LogP contribution in [-0.2, 0) is 5.41 Å². The summed E-state index contributed by atoms with van der Waals surface area (Å²) in [4.78, 5) is 0. The Morgan fingerprint density at radius 2 is 1.31 bits per heavy atom. The lowest BCUT2D eigenvalue weighted by molar-refractivity contribution is 0.153. The van der Waals surface area contributed by atoms with Gasteiger partial charge in [-0.25, -0.2) is 0 Å². The third-order valence-corrected chi connectivity index (χ3v) is 5.54. The van der Waals surface area contributed by atoms with E-state index in [-0.39, 0.29) is 11.5 Å². The van der Waals surface area contributed by atoms with Gasteiger partial charge in [-0.2, -0.15) is 0 Å². The predicted octanol–water partition coefficient (Wildman–Crippen LogP) is 8.04. The smallest absolute Gasteiger partial charge is 0.126 e. The number of hydrogen-bond acceptors (Lipinski definition) is 1. The van der Waals surface area contributed by atoms with Gasteiger partial charge in [-0.15, -0.1) is 0 Å². The molecule has 0 N–H and O–H groups in total. The van der Waals surface area contributed by atoms with Crippen molar-refractivity contribution < 1.29 is 4.74 Å². The Kier molecular flexibility index (Phi) is 6.17. The molecule has 29 heavy (non-hydrogen) atoms. The monoisotopic (exact) mass is 386 g/mol. The maximum Gasteiger partial charge on any atom is 0.126 e. The summed E-state index contributed by atoms with van der Waals surface area (Å²) in [6.07, 6.45) is 0.0481. The molecule has 3 aromatic carbocycles. The largest absolute Gasteiger partial charge is 0.485 e. The van der Waals surface area contributed by atoms with Crippen molar-refractivity contribution in [3.8, 4) is 16.9 Å². The van der Waals surface area contributed by atoms with Crippen LogP contribution >= 0.6 is 0 Å². The van der Waals surface area contributed by atoms with Gasteiger partial charge in [0, 0.05) is 0 Å². The molecule has 0 radical (unpaired) electrons. The molecule has 1 unspecified atom stereocenters. The summed E-state index contributed by atoms with van der Waals surface area (Å²) in [6.45, 7) is 15.5. The van der Waals surface area contributed by atoms with E-state index in [1.54, 1.807) is 0 Å². The van der Waals surface area contributed by atoms with Crippen molar-refractivity contribution in [1.29, 1.82) is 0 Å². The quantitative estimate of drug-likeness (QED) is 0.431. The summed E-state index contributed by atoms with van der Waals surface area (Å²) in [6, 6.07) is 23.9. The Bertz CT molecular complexity index is 921. The molecule has 0 heterocycles. The molecule has 1 heteroatoms. The molecular formula is C28H34O. The molecule has 0 spiro atoms. The van der Waals surface area contributed by atoms with Gasteiger partial charge in [-0.05, 0) is 70.7 Å². The van der Waals surface area contributed by atoms with E-state index in [9.17, 15) is 0 Å². The predicted molar refractivity (Wildman–Crippen MR) is 125 cm³/mol. The lowest BCUT2D eigenvalue weighted by Gasteiger charge is -2.24. The molecule has 3 rings (SSSR count). The van der Waals surface area contributed by atoms with Gasteiger partial charge >= 0.3 is 0 Å². The van der Waals surface area contributed by atoms with Gasteiger partial charge in [0.2, 0.25) is 0 Å². The molecule has 0 aliphatic rings. The van der Waals surface area contributed by atoms with Gasteiger partial charge < -0.3 is 4.74 Å². The molecule has 0 aromatic heterocycles. The van der Waals surface area contributed by atoms with Crippen LogP contribution in [0.15, 0.2) is 66.7 Å². The maximum atomic E-state index is 6.48. The van der Waals surface area contributed by atoms with E-state index in [2.05, 4.69) is 115 Å². The zero-order valence-electron chi connectivity index (χ0n) is 18.9. The molecular weight excluding hydrogens is 352 g/mol. The van der Waals surface area contributed by atoms with Crippen LogP contribution in [-0.4, -0.2) is 0 Å². The van der Waals surface area contributed by atoms with Crippen LogP contribution in [0.3, 0.4) is 0 Å². The maximum absolute atomic E-state index is 6.48. The van der Waals surface area contributed by atoms with Gasteiger partial charge in [0.05, 0.1) is 0 Å². The van der Waals surface area contributed by atoms with Crippen molar-refractivity contribution in [3.05, 3.63) is 89.0 Å². The normalized spacial score (nSPS) is 12.8. The minimum Gasteiger partial charge on any atom is -0.485 e. The second-order valence-corrected chi connectivity index (χ2v) is 9.45. The standard InChI is InChI=1S/C28H34O/c1-19(2)27(23-11-9-8-10-12-23)29-25-17-20(3)26(21(4)18-25)22-13-15-24(16-14-22)28(5,6)7/h8-19,27H,1-7H3. The number of hydrogen-bond donors (Lipinski definition) is 0. The van der Waals surface area contributed by atoms with Gasteiger partial charge in [-0.3, -0.25) is 0 Å². The highest BCUT2D eigenvalue weighted by molar-refractivity contribution is 5.72. The minimum atomic E-state index is 0.0481. The fraction of sp³-hybridized carbons (Fsp3) is 0.357. The summed E-state index contributed by atoms with van der Waals surface area (Å²) in [7, 11) is 0. The van der Waals surface area contributed by atoms with E-state index in [1.165, 1.54) is 33.4 Å². The summed E-state index contributed by atoms with van der Waals surface area (Å²) in [5.74, 6) is 1.33. The Hall–Kier alpha value is -2.54. The van der Waals surface area contributed by atoms with Crippen LogP contribution < -0.4 is 4.74 Å². The zero-order chi connectivity index (χ0) is 21.2. The molecule has 0 aliphatic carbocycles. The molecule has 0 saturated carbocycles. The van der Waals surface area contributed by atoms with E-state index >= 15 is 0 Å². The van der Waals surface area contributed by atoms with Crippen LogP contribution in [0, 0.1) is 19.8 Å².